The lowest BCUT2D eigenvalue weighted by molar-refractivity contribution is -0.139. The molecule has 0 bridgehead atoms. The van der Waals surface area contributed by atoms with Crippen LogP contribution in [0.4, 0.5) is 13.2 Å². The summed E-state index contributed by atoms with van der Waals surface area (Å²) in [7, 11) is 0. The Morgan fingerprint density at radius 3 is 2.58 bits per heavy atom. The third-order valence-electron chi connectivity index (χ3n) is 6.95. The minimum absolute atomic E-state index is 0.0855. The van der Waals surface area contributed by atoms with Gasteiger partial charge in [0, 0.05) is 42.6 Å². The molecule has 0 spiro atoms. The van der Waals surface area contributed by atoms with E-state index in [1.807, 2.05) is 17.5 Å². The first-order valence-corrected chi connectivity index (χ1v) is 13.2. The molecule has 4 heterocycles. The molecule has 1 unspecified atom stereocenters. The molecular formula is C27H21F3N6O3S. The molecule has 0 N–H and O–H groups in total. The van der Waals surface area contributed by atoms with E-state index in [-0.39, 0.29) is 12.0 Å². The predicted molar refractivity (Wildman–Crippen MR) is 137 cm³/mol. The highest BCUT2D eigenvalue weighted by Gasteiger charge is 2.33. The summed E-state index contributed by atoms with van der Waals surface area (Å²) in [6, 6.07) is 11.3. The number of alkyl halides is 3. The van der Waals surface area contributed by atoms with E-state index in [1.54, 1.807) is 12.1 Å². The van der Waals surface area contributed by atoms with E-state index in [1.165, 1.54) is 22.3 Å². The quantitative estimate of drug-likeness (QED) is 0.453. The number of nitriles is 2. The van der Waals surface area contributed by atoms with Gasteiger partial charge >= 0.3 is 6.18 Å². The Morgan fingerprint density at radius 1 is 1.15 bits per heavy atom. The third kappa shape index (κ3) is 5.46. The van der Waals surface area contributed by atoms with E-state index in [0.717, 1.165) is 10.6 Å². The number of carbonyl (C=O) groups is 1. The fourth-order valence-corrected chi connectivity index (χ4v) is 5.79. The Bertz CT molecular complexity index is 1620. The molecule has 1 saturated heterocycles. The van der Waals surface area contributed by atoms with Crippen LogP contribution in [-0.2, 0) is 22.4 Å². The smallest absolute Gasteiger partial charge is 0.387 e. The van der Waals surface area contributed by atoms with Crippen molar-refractivity contribution in [3.8, 4) is 12.1 Å². The first-order valence-electron chi connectivity index (χ1n) is 12.3. The molecule has 1 amide bonds. The van der Waals surface area contributed by atoms with Crippen LogP contribution in [0.25, 0.3) is 0 Å². The Balaban J connectivity index is 1.20. The van der Waals surface area contributed by atoms with Crippen LogP contribution in [0.5, 0.6) is 0 Å². The molecule has 5 rings (SSSR count). The van der Waals surface area contributed by atoms with Crippen molar-refractivity contribution in [2.45, 2.75) is 44.0 Å². The molecule has 3 aromatic rings. The number of carbonyl (C=O) groups excluding carboxylic acids is 1. The number of pyridine rings is 1. The van der Waals surface area contributed by atoms with E-state index in [0.29, 0.717) is 66.2 Å². The van der Waals surface area contributed by atoms with Crippen LogP contribution in [0.1, 0.15) is 64.2 Å². The molecule has 2 aliphatic heterocycles. The molecule has 1 fully saturated rings. The van der Waals surface area contributed by atoms with Crippen molar-refractivity contribution in [3.63, 3.8) is 0 Å². The summed E-state index contributed by atoms with van der Waals surface area (Å²) in [6.07, 6.45) is -2.87. The number of amides is 1. The third-order valence-corrected chi connectivity index (χ3v) is 7.96. The van der Waals surface area contributed by atoms with Gasteiger partial charge in [0.1, 0.15) is 23.9 Å². The first-order chi connectivity index (χ1) is 19.2. The van der Waals surface area contributed by atoms with Gasteiger partial charge < -0.3 is 14.3 Å². The standard InChI is InChI=1S/C27H21F3N6O3S/c28-27(29,30)19-9-18(12-32)26(38)36(13-19)14-24(37)35-7-5-16(6-8-35)25-33-22(15-40-25)21-10-23(39-34-21)20-4-2-1-3-17(20)11-31/h1-4,9,13,15-16,23H,5-8,10,14H2. The Kier molecular flexibility index (Phi) is 7.41. The second kappa shape index (κ2) is 10.9. The molecule has 0 saturated carbocycles. The topological polar surface area (TPSA) is 124 Å². The predicted octanol–water partition coefficient (Wildman–Crippen LogP) is 4.34. The minimum atomic E-state index is -4.76. The molecule has 1 aromatic carbocycles. The van der Waals surface area contributed by atoms with E-state index in [2.05, 4.69) is 11.2 Å². The number of piperidine rings is 1. The second-order valence-electron chi connectivity index (χ2n) is 9.45. The van der Waals surface area contributed by atoms with Crippen LogP contribution in [-0.4, -0.2) is 39.2 Å². The van der Waals surface area contributed by atoms with Gasteiger partial charge in [-0.1, -0.05) is 23.4 Å². The number of benzene rings is 1. The van der Waals surface area contributed by atoms with Gasteiger partial charge in [0.25, 0.3) is 5.56 Å². The minimum Gasteiger partial charge on any atom is -0.387 e. The summed E-state index contributed by atoms with van der Waals surface area (Å²) in [5, 5.41) is 25.4. The average molecular weight is 567 g/mol. The highest BCUT2D eigenvalue weighted by atomic mass is 32.1. The maximum atomic E-state index is 13.2. The SMILES string of the molecule is N#Cc1ccccc1C1CC(c2csc(C3CCN(C(=O)Cn4cc(C(F)(F)F)cc(C#N)c4=O)CC3)n2)=NO1. The number of hydrogen-bond donors (Lipinski definition) is 0. The molecule has 1 atom stereocenters. The summed E-state index contributed by atoms with van der Waals surface area (Å²) in [5.74, 6) is -0.410. The highest BCUT2D eigenvalue weighted by molar-refractivity contribution is 7.10. The number of likely N-dealkylation sites (tertiary alicyclic amines) is 1. The highest BCUT2D eigenvalue weighted by Crippen LogP contribution is 2.35. The van der Waals surface area contributed by atoms with Gasteiger partial charge in [-0.3, -0.25) is 9.59 Å². The fraction of sp³-hybridized carbons (Fsp3) is 0.333. The number of nitrogens with zero attached hydrogens (tertiary/aromatic N) is 6. The summed E-state index contributed by atoms with van der Waals surface area (Å²) in [5.41, 5.74) is -0.0681. The molecule has 2 aromatic heterocycles. The maximum Gasteiger partial charge on any atom is 0.417 e. The monoisotopic (exact) mass is 566 g/mol. The number of thiazole rings is 1. The lowest BCUT2D eigenvalue weighted by Gasteiger charge is -2.31. The zero-order valence-electron chi connectivity index (χ0n) is 20.9. The van der Waals surface area contributed by atoms with Gasteiger partial charge in [-0.15, -0.1) is 11.3 Å². The van der Waals surface area contributed by atoms with E-state index < -0.39 is 35.3 Å². The molecule has 2 aliphatic rings. The fourth-order valence-electron chi connectivity index (χ4n) is 4.79. The van der Waals surface area contributed by atoms with E-state index >= 15 is 0 Å². The van der Waals surface area contributed by atoms with Crippen molar-refractivity contribution in [1.82, 2.24) is 14.5 Å². The molecule has 40 heavy (non-hydrogen) atoms. The summed E-state index contributed by atoms with van der Waals surface area (Å²) >= 11 is 1.48. The lowest BCUT2D eigenvalue weighted by Crippen LogP contribution is -2.41. The molecule has 0 radical (unpaired) electrons. The lowest BCUT2D eigenvalue weighted by atomic mass is 9.97. The van der Waals surface area contributed by atoms with Gasteiger partial charge in [0.15, 0.2) is 6.10 Å². The number of hydrogen-bond acceptors (Lipinski definition) is 8. The van der Waals surface area contributed by atoms with Crippen molar-refractivity contribution in [2.24, 2.45) is 5.16 Å². The summed E-state index contributed by atoms with van der Waals surface area (Å²) in [6.45, 7) is 0.127. The van der Waals surface area contributed by atoms with Gasteiger partial charge in [0.2, 0.25) is 5.91 Å². The van der Waals surface area contributed by atoms with Crippen LogP contribution in [0.15, 0.2) is 51.9 Å². The van der Waals surface area contributed by atoms with Gasteiger partial charge in [-0.05, 0) is 25.0 Å². The van der Waals surface area contributed by atoms with Crippen LogP contribution in [0.3, 0.4) is 0 Å². The Morgan fingerprint density at radius 2 is 1.88 bits per heavy atom. The van der Waals surface area contributed by atoms with E-state index in [9.17, 15) is 28.0 Å². The summed E-state index contributed by atoms with van der Waals surface area (Å²) < 4.78 is 40.2. The molecule has 9 nitrogen and oxygen atoms in total. The number of oxime groups is 1. The Labute approximate surface area is 230 Å². The van der Waals surface area contributed by atoms with Crippen LogP contribution in [0, 0.1) is 22.7 Å². The normalized spacial score (nSPS) is 17.6. The molecule has 204 valence electrons. The van der Waals surface area contributed by atoms with Crippen LogP contribution >= 0.6 is 11.3 Å². The van der Waals surface area contributed by atoms with Crippen molar-refractivity contribution in [3.05, 3.63) is 85.2 Å². The van der Waals surface area contributed by atoms with Crippen molar-refractivity contribution < 1.29 is 22.8 Å². The Hall–Kier alpha value is -4.49. The second-order valence-corrected chi connectivity index (χ2v) is 10.3. The van der Waals surface area contributed by atoms with Gasteiger partial charge in [-0.2, -0.15) is 23.7 Å². The molecular weight excluding hydrogens is 545 g/mol. The zero-order valence-corrected chi connectivity index (χ0v) is 21.7. The van der Waals surface area contributed by atoms with Crippen LogP contribution in [0.2, 0.25) is 0 Å². The zero-order chi connectivity index (χ0) is 28.4. The maximum absolute atomic E-state index is 13.2. The number of rotatable bonds is 5. The van der Waals surface area contributed by atoms with Crippen molar-refractivity contribution >= 4 is 23.0 Å². The summed E-state index contributed by atoms with van der Waals surface area (Å²) in [4.78, 5) is 37.0. The molecule has 0 aliphatic carbocycles. The van der Waals surface area contributed by atoms with Gasteiger partial charge in [0.05, 0.1) is 27.9 Å². The number of halogens is 3. The molecule has 13 heteroatoms. The van der Waals surface area contributed by atoms with E-state index in [4.69, 9.17) is 15.1 Å². The van der Waals surface area contributed by atoms with Gasteiger partial charge in [-0.25, -0.2) is 4.98 Å². The van der Waals surface area contributed by atoms with Crippen LogP contribution < -0.4 is 5.56 Å². The first kappa shape index (κ1) is 27.1. The number of aromatic nitrogens is 2. The average Bonchev–Trinajstić information content (AvgIpc) is 3.64. The van der Waals surface area contributed by atoms with Crippen molar-refractivity contribution in [2.75, 3.05) is 13.1 Å². The van der Waals surface area contributed by atoms with Crippen molar-refractivity contribution in [1.29, 1.82) is 10.5 Å². The largest absolute Gasteiger partial charge is 0.417 e.